The van der Waals surface area contributed by atoms with Crippen LogP contribution in [0.2, 0.25) is 0 Å². The van der Waals surface area contributed by atoms with Crippen molar-refractivity contribution in [2.45, 2.75) is 97.2 Å². The van der Waals surface area contributed by atoms with Crippen LogP contribution >= 0.6 is 0 Å². The number of aliphatic hydroxyl groups is 1. The lowest BCUT2D eigenvalue weighted by molar-refractivity contribution is -0.155. The highest BCUT2D eigenvalue weighted by molar-refractivity contribution is 5.93. The number of esters is 1. The zero-order chi connectivity index (χ0) is 29.8. The SMILES string of the molecule is CCC(C)[C@@H](NC(=O)[C@H](CCC(=O)OC(C)(C)C)NC(=O)[C@@H](NC(=O)OCc1ccccc1)C(C)O)C(=O)O. The number of carboxylic acid groups (broad SMARTS) is 1. The maximum atomic E-state index is 13.1. The van der Waals surface area contributed by atoms with Gasteiger partial charge in [-0.3, -0.25) is 14.4 Å². The maximum Gasteiger partial charge on any atom is 0.408 e. The molecule has 0 saturated carbocycles. The van der Waals surface area contributed by atoms with Crippen LogP contribution in [0.3, 0.4) is 0 Å². The van der Waals surface area contributed by atoms with E-state index < -0.39 is 65.6 Å². The molecular formula is C27H41N3O9. The van der Waals surface area contributed by atoms with E-state index >= 15 is 0 Å². The number of aliphatic carboxylic acids is 1. The van der Waals surface area contributed by atoms with Crippen molar-refractivity contribution in [2.24, 2.45) is 5.92 Å². The molecule has 0 radical (unpaired) electrons. The molecule has 0 aliphatic heterocycles. The molecule has 0 aliphatic rings. The Morgan fingerprint density at radius 3 is 2.05 bits per heavy atom. The second kappa shape index (κ2) is 15.7. The third-order valence-corrected chi connectivity index (χ3v) is 5.72. The van der Waals surface area contributed by atoms with Crippen LogP contribution in [0.15, 0.2) is 30.3 Å². The summed E-state index contributed by atoms with van der Waals surface area (Å²) in [5, 5.41) is 26.8. The highest BCUT2D eigenvalue weighted by Gasteiger charge is 2.33. The summed E-state index contributed by atoms with van der Waals surface area (Å²) in [6, 6.07) is 4.71. The molecule has 0 heterocycles. The molecule has 1 aromatic carbocycles. The minimum Gasteiger partial charge on any atom is -0.480 e. The largest absolute Gasteiger partial charge is 0.480 e. The number of rotatable bonds is 14. The molecule has 5 atom stereocenters. The van der Waals surface area contributed by atoms with E-state index in [1.807, 2.05) is 0 Å². The van der Waals surface area contributed by atoms with Crippen molar-refractivity contribution < 1.29 is 43.7 Å². The Balaban J connectivity index is 3.00. The molecule has 1 aromatic rings. The van der Waals surface area contributed by atoms with Gasteiger partial charge in [-0.15, -0.1) is 0 Å². The second-order valence-corrected chi connectivity index (χ2v) is 10.3. The maximum absolute atomic E-state index is 13.1. The van der Waals surface area contributed by atoms with Crippen LogP contribution < -0.4 is 16.0 Å². The molecule has 12 heteroatoms. The van der Waals surface area contributed by atoms with Gasteiger partial charge in [-0.1, -0.05) is 50.6 Å². The van der Waals surface area contributed by atoms with Crippen LogP contribution in [0.5, 0.6) is 0 Å². The molecule has 0 fully saturated rings. The molecular weight excluding hydrogens is 510 g/mol. The van der Waals surface area contributed by atoms with Gasteiger partial charge >= 0.3 is 18.0 Å². The highest BCUT2D eigenvalue weighted by Crippen LogP contribution is 2.12. The number of benzene rings is 1. The predicted octanol–water partition coefficient (Wildman–Crippen LogP) is 1.88. The summed E-state index contributed by atoms with van der Waals surface area (Å²) < 4.78 is 10.4. The topological polar surface area (TPSA) is 180 Å². The monoisotopic (exact) mass is 551 g/mol. The number of hydrogen-bond acceptors (Lipinski definition) is 8. The first-order chi connectivity index (χ1) is 18.1. The van der Waals surface area contributed by atoms with Gasteiger partial charge in [0, 0.05) is 6.42 Å². The molecule has 0 aromatic heterocycles. The normalized spacial score (nSPS) is 15.1. The number of alkyl carbamates (subject to hydrolysis) is 1. The van der Waals surface area contributed by atoms with Crippen LogP contribution in [0.1, 0.15) is 66.4 Å². The van der Waals surface area contributed by atoms with Gasteiger partial charge in [-0.05, 0) is 45.6 Å². The standard InChI is InChI=1S/C27H41N3O9/c1-7-16(2)21(25(35)36)29-23(33)19(13-14-20(32)39-27(4,5)6)28-24(34)22(17(3)31)30-26(37)38-15-18-11-9-8-10-12-18/h8-12,16-17,19,21-22,31H,7,13-15H2,1-6H3,(H,28,34)(H,29,33)(H,30,37)(H,35,36)/t16?,17?,19-,21+,22-/m0/s1. The van der Waals surface area contributed by atoms with E-state index in [1.165, 1.54) is 6.92 Å². The summed E-state index contributed by atoms with van der Waals surface area (Å²) in [6.07, 6.45) is -2.37. The Hall–Kier alpha value is -3.67. The number of hydrogen-bond donors (Lipinski definition) is 5. The molecule has 2 unspecified atom stereocenters. The fourth-order valence-corrected chi connectivity index (χ4v) is 3.42. The zero-order valence-corrected chi connectivity index (χ0v) is 23.4. The van der Waals surface area contributed by atoms with E-state index in [1.54, 1.807) is 65.0 Å². The van der Waals surface area contributed by atoms with Gasteiger partial charge in [0.15, 0.2) is 0 Å². The van der Waals surface area contributed by atoms with E-state index in [9.17, 15) is 34.2 Å². The fourth-order valence-electron chi connectivity index (χ4n) is 3.42. The first kappa shape index (κ1) is 33.4. The van der Waals surface area contributed by atoms with Crippen LogP contribution in [0, 0.1) is 5.92 Å². The zero-order valence-electron chi connectivity index (χ0n) is 23.4. The van der Waals surface area contributed by atoms with Gasteiger partial charge in [0.2, 0.25) is 11.8 Å². The van der Waals surface area contributed by atoms with E-state index in [-0.39, 0.29) is 19.4 Å². The van der Waals surface area contributed by atoms with Crippen molar-refractivity contribution in [2.75, 3.05) is 0 Å². The first-order valence-corrected chi connectivity index (χ1v) is 12.8. The molecule has 1 rings (SSSR count). The predicted molar refractivity (Wildman–Crippen MR) is 141 cm³/mol. The summed E-state index contributed by atoms with van der Waals surface area (Å²) >= 11 is 0. The molecule has 3 amide bonds. The molecule has 0 saturated heterocycles. The van der Waals surface area contributed by atoms with Gasteiger partial charge in [-0.2, -0.15) is 0 Å². The third-order valence-electron chi connectivity index (χ3n) is 5.72. The van der Waals surface area contributed by atoms with Gasteiger partial charge in [-0.25, -0.2) is 9.59 Å². The van der Waals surface area contributed by atoms with E-state index in [4.69, 9.17) is 9.47 Å². The Labute approximate surface area is 228 Å². The number of amides is 3. The Bertz CT molecular complexity index is 976. The van der Waals surface area contributed by atoms with E-state index in [0.717, 1.165) is 0 Å². The van der Waals surface area contributed by atoms with Crippen molar-refractivity contribution in [3.63, 3.8) is 0 Å². The van der Waals surface area contributed by atoms with Gasteiger partial charge < -0.3 is 35.6 Å². The minimum absolute atomic E-state index is 0.0755. The Kier molecular flexibility index (Phi) is 13.4. The highest BCUT2D eigenvalue weighted by atomic mass is 16.6. The van der Waals surface area contributed by atoms with Crippen molar-refractivity contribution in [3.05, 3.63) is 35.9 Å². The Morgan fingerprint density at radius 2 is 1.54 bits per heavy atom. The summed E-state index contributed by atoms with van der Waals surface area (Å²) in [5.74, 6) is -4.06. The number of aliphatic hydroxyl groups excluding tert-OH is 1. The van der Waals surface area contributed by atoms with Crippen molar-refractivity contribution >= 4 is 29.8 Å². The first-order valence-electron chi connectivity index (χ1n) is 12.8. The summed E-state index contributed by atoms with van der Waals surface area (Å²) in [7, 11) is 0. The lowest BCUT2D eigenvalue weighted by Crippen LogP contribution is -2.58. The quantitative estimate of drug-likeness (QED) is 0.216. The molecule has 12 nitrogen and oxygen atoms in total. The van der Waals surface area contributed by atoms with Crippen molar-refractivity contribution in [1.82, 2.24) is 16.0 Å². The summed E-state index contributed by atoms with van der Waals surface area (Å²) in [6.45, 7) is 9.64. The second-order valence-electron chi connectivity index (χ2n) is 10.3. The number of carboxylic acids is 1. The molecule has 39 heavy (non-hydrogen) atoms. The van der Waals surface area contributed by atoms with Crippen molar-refractivity contribution in [3.8, 4) is 0 Å². The van der Waals surface area contributed by atoms with Gasteiger partial charge in [0.1, 0.15) is 30.3 Å². The van der Waals surface area contributed by atoms with Crippen LogP contribution in [-0.2, 0) is 35.3 Å². The third kappa shape index (κ3) is 12.6. The molecule has 0 bridgehead atoms. The van der Waals surface area contributed by atoms with Crippen LogP contribution in [-0.4, -0.2) is 69.9 Å². The smallest absolute Gasteiger partial charge is 0.408 e. The van der Waals surface area contributed by atoms with Gasteiger partial charge in [0.25, 0.3) is 0 Å². The fraction of sp³-hybridized carbons (Fsp3) is 0.593. The number of carbonyl (C=O) groups excluding carboxylic acids is 4. The average Bonchev–Trinajstić information content (AvgIpc) is 2.85. The van der Waals surface area contributed by atoms with Gasteiger partial charge in [0.05, 0.1) is 6.10 Å². The number of ether oxygens (including phenoxy) is 2. The Morgan fingerprint density at radius 1 is 0.923 bits per heavy atom. The van der Waals surface area contributed by atoms with E-state index in [0.29, 0.717) is 12.0 Å². The summed E-state index contributed by atoms with van der Waals surface area (Å²) in [5.41, 5.74) is -0.0660. The van der Waals surface area contributed by atoms with E-state index in [2.05, 4.69) is 16.0 Å². The molecule has 218 valence electrons. The molecule has 5 N–H and O–H groups in total. The lowest BCUT2D eigenvalue weighted by Gasteiger charge is -2.27. The number of carbonyl (C=O) groups is 5. The van der Waals surface area contributed by atoms with Crippen molar-refractivity contribution in [1.29, 1.82) is 0 Å². The summed E-state index contributed by atoms with van der Waals surface area (Å²) in [4.78, 5) is 62.4. The van der Waals surface area contributed by atoms with Crippen LogP contribution in [0.25, 0.3) is 0 Å². The van der Waals surface area contributed by atoms with Crippen LogP contribution in [0.4, 0.5) is 4.79 Å². The minimum atomic E-state index is -1.50. The number of nitrogens with one attached hydrogen (secondary N) is 3. The molecule has 0 spiro atoms. The molecule has 0 aliphatic carbocycles. The lowest BCUT2D eigenvalue weighted by atomic mass is 9.98. The average molecular weight is 552 g/mol.